The molecule has 2 N–H and O–H groups in total. The van der Waals surface area contributed by atoms with E-state index in [9.17, 15) is 19.2 Å². The lowest BCUT2D eigenvalue weighted by atomic mass is 10.0. The summed E-state index contributed by atoms with van der Waals surface area (Å²) in [5.41, 5.74) is 0. The van der Waals surface area contributed by atoms with E-state index in [1.165, 1.54) is 9.80 Å². The highest BCUT2D eigenvalue weighted by Gasteiger charge is 2.40. The molecule has 0 bridgehead atoms. The van der Waals surface area contributed by atoms with Gasteiger partial charge in [-0.1, -0.05) is 0 Å². The van der Waals surface area contributed by atoms with E-state index in [0.29, 0.717) is 13.1 Å². The van der Waals surface area contributed by atoms with Crippen LogP contribution in [0.2, 0.25) is 0 Å². The summed E-state index contributed by atoms with van der Waals surface area (Å²) in [5, 5.41) is 11.4. The second-order valence-corrected chi connectivity index (χ2v) is 5.11. The Hall–Kier alpha value is -2.12. The quantitative estimate of drug-likeness (QED) is 0.640. The van der Waals surface area contributed by atoms with Crippen LogP contribution in [0.25, 0.3) is 0 Å². The van der Waals surface area contributed by atoms with E-state index in [4.69, 9.17) is 5.11 Å². The van der Waals surface area contributed by atoms with Gasteiger partial charge in [0.15, 0.2) is 0 Å². The van der Waals surface area contributed by atoms with Gasteiger partial charge >= 0.3 is 5.97 Å². The molecule has 110 valence electrons. The summed E-state index contributed by atoms with van der Waals surface area (Å²) in [6.45, 7) is 0.893. The molecule has 2 fully saturated rings. The normalized spacial score (nSPS) is 26.6. The minimum atomic E-state index is -1.13. The van der Waals surface area contributed by atoms with E-state index in [1.807, 2.05) is 0 Å². The average Bonchev–Trinajstić information content (AvgIpc) is 2.71. The predicted molar refractivity (Wildman–Crippen MR) is 66.5 cm³/mol. The lowest BCUT2D eigenvalue weighted by Crippen LogP contribution is -2.59. The summed E-state index contributed by atoms with van der Waals surface area (Å²) in [5.74, 6) is -2.51. The van der Waals surface area contributed by atoms with E-state index in [1.54, 1.807) is 7.05 Å². The van der Waals surface area contributed by atoms with Gasteiger partial charge in [0.2, 0.25) is 17.7 Å². The van der Waals surface area contributed by atoms with Crippen molar-refractivity contribution >= 4 is 23.7 Å². The number of carboxylic acid groups (broad SMARTS) is 1. The van der Waals surface area contributed by atoms with Crippen molar-refractivity contribution in [1.29, 1.82) is 0 Å². The van der Waals surface area contributed by atoms with Crippen LogP contribution >= 0.6 is 0 Å². The Morgan fingerprint density at radius 3 is 2.65 bits per heavy atom. The summed E-state index contributed by atoms with van der Waals surface area (Å²) in [6, 6.07) is -0.991. The molecule has 2 unspecified atom stereocenters. The van der Waals surface area contributed by atoms with Crippen molar-refractivity contribution in [3.63, 3.8) is 0 Å². The van der Waals surface area contributed by atoms with Crippen LogP contribution in [0, 0.1) is 5.92 Å². The molecule has 0 aromatic heterocycles. The first-order valence-corrected chi connectivity index (χ1v) is 6.44. The van der Waals surface area contributed by atoms with Crippen molar-refractivity contribution in [2.45, 2.75) is 18.9 Å². The lowest BCUT2D eigenvalue weighted by Gasteiger charge is -2.35. The maximum Gasteiger partial charge on any atom is 0.305 e. The summed E-state index contributed by atoms with van der Waals surface area (Å²) in [6.07, 6.45) is -0.304. The highest BCUT2D eigenvalue weighted by molar-refractivity contribution is 5.94. The standard InChI is InChI=1S/C12H17N3O5/c1-14-6-7(4-9(14)16)12(20)15-3-2-13-11(19)8(15)5-10(17)18/h7-8H,2-6H2,1H3,(H,13,19)(H,17,18). The van der Waals surface area contributed by atoms with Crippen LogP contribution in [0.5, 0.6) is 0 Å². The molecule has 8 heteroatoms. The third kappa shape index (κ3) is 2.73. The van der Waals surface area contributed by atoms with Gasteiger partial charge in [-0.05, 0) is 0 Å². The first-order valence-electron chi connectivity index (χ1n) is 6.44. The van der Waals surface area contributed by atoms with Crippen molar-refractivity contribution in [2.24, 2.45) is 5.92 Å². The summed E-state index contributed by atoms with van der Waals surface area (Å²) in [7, 11) is 1.62. The highest BCUT2D eigenvalue weighted by Crippen LogP contribution is 2.21. The molecular formula is C12H17N3O5. The minimum absolute atomic E-state index is 0.111. The summed E-state index contributed by atoms with van der Waals surface area (Å²) >= 11 is 0. The maximum absolute atomic E-state index is 12.4. The zero-order valence-corrected chi connectivity index (χ0v) is 11.2. The number of carbonyl (C=O) groups excluding carboxylic acids is 3. The van der Waals surface area contributed by atoms with Crippen molar-refractivity contribution in [1.82, 2.24) is 15.1 Å². The molecule has 2 atom stereocenters. The molecular weight excluding hydrogens is 266 g/mol. The number of nitrogens with one attached hydrogen (secondary N) is 1. The van der Waals surface area contributed by atoms with Crippen LogP contribution < -0.4 is 5.32 Å². The highest BCUT2D eigenvalue weighted by atomic mass is 16.4. The van der Waals surface area contributed by atoms with Gasteiger partial charge in [0.05, 0.1) is 12.3 Å². The Balaban J connectivity index is 2.11. The molecule has 0 aromatic carbocycles. The fourth-order valence-corrected chi connectivity index (χ4v) is 2.61. The summed E-state index contributed by atoms with van der Waals surface area (Å²) in [4.78, 5) is 49.2. The van der Waals surface area contributed by atoms with Gasteiger partial charge in [-0.25, -0.2) is 0 Å². The van der Waals surface area contributed by atoms with Gasteiger partial charge in [0.1, 0.15) is 6.04 Å². The van der Waals surface area contributed by atoms with Crippen molar-refractivity contribution < 1.29 is 24.3 Å². The minimum Gasteiger partial charge on any atom is -0.481 e. The second kappa shape index (κ2) is 5.48. The molecule has 2 rings (SSSR count). The number of hydrogen-bond donors (Lipinski definition) is 2. The third-order valence-electron chi connectivity index (χ3n) is 3.67. The fraction of sp³-hybridized carbons (Fsp3) is 0.667. The SMILES string of the molecule is CN1CC(C(=O)N2CCNC(=O)C2CC(=O)O)CC1=O. The molecule has 0 spiro atoms. The van der Waals surface area contributed by atoms with Crippen LogP contribution in [0.15, 0.2) is 0 Å². The largest absolute Gasteiger partial charge is 0.481 e. The van der Waals surface area contributed by atoms with Gasteiger partial charge in [-0.3, -0.25) is 19.2 Å². The second-order valence-electron chi connectivity index (χ2n) is 5.11. The zero-order chi connectivity index (χ0) is 14.9. The molecule has 2 aliphatic heterocycles. The van der Waals surface area contributed by atoms with E-state index >= 15 is 0 Å². The number of piperazine rings is 1. The number of aliphatic carboxylic acids is 1. The smallest absolute Gasteiger partial charge is 0.305 e. The van der Waals surface area contributed by atoms with Gasteiger partial charge < -0.3 is 20.2 Å². The van der Waals surface area contributed by atoms with Crippen molar-refractivity contribution in [3.8, 4) is 0 Å². The Bertz CT molecular complexity index is 464. The molecule has 2 heterocycles. The number of carboxylic acids is 1. The lowest BCUT2D eigenvalue weighted by molar-refractivity contribution is -0.150. The van der Waals surface area contributed by atoms with E-state index in [2.05, 4.69) is 5.32 Å². The Morgan fingerprint density at radius 2 is 2.10 bits per heavy atom. The Kier molecular flexibility index (Phi) is 3.91. The van der Waals surface area contributed by atoms with E-state index < -0.39 is 30.3 Å². The molecule has 0 saturated carbocycles. The number of likely N-dealkylation sites (tertiary alicyclic amines) is 1. The molecule has 2 aliphatic rings. The Morgan fingerprint density at radius 1 is 1.40 bits per heavy atom. The third-order valence-corrected chi connectivity index (χ3v) is 3.67. The number of carbonyl (C=O) groups is 4. The maximum atomic E-state index is 12.4. The average molecular weight is 283 g/mol. The first-order chi connectivity index (χ1) is 9.40. The van der Waals surface area contributed by atoms with Crippen molar-refractivity contribution in [2.75, 3.05) is 26.7 Å². The summed E-state index contributed by atoms with van der Waals surface area (Å²) < 4.78 is 0. The van der Waals surface area contributed by atoms with Gasteiger partial charge in [0, 0.05) is 33.1 Å². The Labute approximate surface area is 115 Å². The van der Waals surface area contributed by atoms with Gasteiger partial charge in [-0.15, -0.1) is 0 Å². The molecule has 3 amide bonds. The predicted octanol–water partition coefficient (Wildman–Crippen LogP) is -1.73. The van der Waals surface area contributed by atoms with Crippen LogP contribution in [0.3, 0.4) is 0 Å². The van der Waals surface area contributed by atoms with Crippen LogP contribution in [-0.4, -0.2) is 71.3 Å². The molecule has 0 aromatic rings. The first kappa shape index (κ1) is 14.3. The number of amides is 3. The number of nitrogens with zero attached hydrogens (tertiary/aromatic N) is 2. The topological polar surface area (TPSA) is 107 Å². The van der Waals surface area contributed by atoms with Crippen molar-refractivity contribution in [3.05, 3.63) is 0 Å². The van der Waals surface area contributed by atoms with Crippen LogP contribution in [0.1, 0.15) is 12.8 Å². The van der Waals surface area contributed by atoms with Crippen LogP contribution in [0.4, 0.5) is 0 Å². The molecule has 0 radical (unpaired) electrons. The molecule has 2 saturated heterocycles. The van der Waals surface area contributed by atoms with Crippen LogP contribution in [-0.2, 0) is 19.2 Å². The molecule has 20 heavy (non-hydrogen) atoms. The fourth-order valence-electron chi connectivity index (χ4n) is 2.61. The monoisotopic (exact) mass is 283 g/mol. The van der Waals surface area contributed by atoms with Gasteiger partial charge in [-0.2, -0.15) is 0 Å². The van der Waals surface area contributed by atoms with E-state index in [-0.39, 0.29) is 24.8 Å². The molecule has 0 aliphatic carbocycles. The number of rotatable bonds is 3. The zero-order valence-electron chi connectivity index (χ0n) is 11.2. The molecule has 8 nitrogen and oxygen atoms in total. The van der Waals surface area contributed by atoms with Gasteiger partial charge in [0.25, 0.3) is 0 Å². The number of hydrogen-bond acceptors (Lipinski definition) is 4. The van der Waals surface area contributed by atoms with E-state index in [0.717, 1.165) is 0 Å².